The van der Waals surface area contributed by atoms with Gasteiger partial charge in [0, 0.05) is 44.1 Å². The summed E-state index contributed by atoms with van der Waals surface area (Å²) >= 11 is 5.87. The van der Waals surface area contributed by atoms with Crippen LogP contribution >= 0.6 is 12.2 Å². The van der Waals surface area contributed by atoms with E-state index in [1.54, 1.807) is 12.1 Å². The zero-order valence-corrected chi connectivity index (χ0v) is 27.3. The molecule has 1 atom stereocenters. The van der Waals surface area contributed by atoms with Crippen molar-refractivity contribution in [3.63, 3.8) is 0 Å². The minimum absolute atomic E-state index is 0.0308. The molecule has 2 heterocycles. The second-order valence-corrected chi connectivity index (χ2v) is 11.7. The van der Waals surface area contributed by atoms with E-state index in [2.05, 4.69) is 15.1 Å². The lowest BCUT2D eigenvalue weighted by Gasteiger charge is -2.36. The number of halogens is 1. The molecule has 2 aliphatic heterocycles. The number of amides is 2. The van der Waals surface area contributed by atoms with Gasteiger partial charge in [-0.15, -0.1) is 0 Å². The van der Waals surface area contributed by atoms with Gasteiger partial charge in [0.25, 0.3) is 5.91 Å². The Kier molecular flexibility index (Phi) is 11.4. The van der Waals surface area contributed by atoms with Gasteiger partial charge in [0.1, 0.15) is 23.4 Å². The van der Waals surface area contributed by atoms with Crippen LogP contribution in [0.1, 0.15) is 33.1 Å². The first-order valence-corrected chi connectivity index (χ1v) is 16.4. The number of hydrogen-bond donors (Lipinski definition) is 1. The quantitative estimate of drug-likeness (QED) is 0.228. The van der Waals surface area contributed by atoms with Crippen molar-refractivity contribution in [1.82, 2.24) is 9.80 Å². The van der Waals surface area contributed by atoms with Crippen LogP contribution in [-0.2, 0) is 9.59 Å². The molecule has 0 aliphatic carbocycles. The number of carbonyl (C=O) groups excluding carboxylic acids is 2. The number of hydrogen-bond acceptors (Lipinski definition) is 7. The van der Waals surface area contributed by atoms with Crippen LogP contribution in [0.4, 0.5) is 21.5 Å². The summed E-state index contributed by atoms with van der Waals surface area (Å²) in [6.45, 7) is 9.97. The van der Waals surface area contributed by atoms with Gasteiger partial charge in [0.05, 0.1) is 25.3 Å². The lowest BCUT2D eigenvalue weighted by atomic mass is 10.1. The fourth-order valence-corrected chi connectivity index (χ4v) is 6.19. The zero-order chi connectivity index (χ0) is 32.5. The van der Waals surface area contributed by atoms with Crippen LogP contribution in [0.15, 0.2) is 72.8 Å². The molecule has 0 saturated carbocycles. The minimum Gasteiger partial charge on any atom is -0.494 e. The number of benzene rings is 3. The van der Waals surface area contributed by atoms with E-state index in [1.807, 2.05) is 67.3 Å². The Morgan fingerprint density at radius 3 is 2.15 bits per heavy atom. The van der Waals surface area contributed by atoms with Gasteiger partial charge in [0.15, 0.2) is 5.11 Å². The number of nitrogens with zero attached hydrogens (tertiary/aromatic N) is 4. The smallest absolute Gasteiger partial charge is 0.256 e. The predicted molar refractivity (Wildman–Crippen MR) is 183 cm³/mol. The third kappa shape index (κ3) is 8.32. The van der Waals surface area contributed by atoms with Gasteiger partial charge in [0.2, 0.25) is 5.91 Å². The van der Waals surface area contributed by atoms with E-state index in [0.717, 1.165) is 57.0 Å². The molecular formula is C35H42FN5O4S. The third-order valence-corrected chi connectivity index (χ3v) is 8.57. The lowest BCUT2D eigenvalue weighted by Crippen LogP contribution is -2.47. The van der Waals surface area contributed by atoms with E-state index in [9.17, 15) is 14.0 Å². The Morgan fingerprint density at radius 1 is 0.870 bits per heavy atom. The molecule has 2 aliphatic rings. The molecule has 46 heavy (non-hydrogen) atoms. The monoisotopic (exact) mass is 647 g/mol. The SMILES string of the molecule is CCCOc1ccc(NC(=O)C[C@@H]2C(=O)N(c3ccc(OCC)cc3)C(=S)N2CCCN2CCN(c3ccc(F)cc3)CC2)cc1. The fourth-order valence-electron chi connectivity index (χ4n) is 5.77. The first kappa shape index (κ1) is 33.2. The van der Waals surface area contributed by atoms with Gasteiger partial charge >= 0.3 is 0 Å². The largest absolute Gasteiger partial charge is 0.494 e. The molecule has 3 aromatic rings. The van der Waals surface area contributed by atoms with E-state index < -0.39 is 6.04 Å². The van der Waals surface area contributed by atoms with Crippen molar-refractivity contribution >= 4 is 46.2 Å². The van der Waals surface area contributed by atoms with Gasteiger partial charge in [-0.3, -0.25) is 19.4 Å². The topological polar surface area (TPSA) is 77.6 Å². The van der Waals surface area contributed by atoms with Crippen LogP contribution in [0.25, 0.3) is 0 Å². The molecule has 0 spiro atoms. The van der Waals surface area contributed by atoms with E-state index in [4.69, 9.17) is 21.7 Å². The number of anilines is 3. The molecule has 1 N–H and O–H groups in total. The lowest BCUT2D eigenvalue weighted by molar-refractivity contribution is -0.124. The summed E-state index contributed by atoms with van der Waals surface area (Å²) in [6.07, 6.45) is 1.66. The molecule has 9 nitrogen and oxygen atoms in total. The van der Waals surface area contributed by atoms with Crippen molar-refractivity contribution in [3.05, 3.63) is 78.6 Å². The minimum atomic E-state index is -0.721. The molecule has 0 unspecified atom stereocenters. The van der Waals surface area contributed by atoms with Crippen molar-refractivity contribution < 1.29 is 23.5 Å². The van der Waals surface area contributed by atoms with Crippen LogP contribution in [0.3, 0.4) is 0 Å². The Hall–Kier alpha value is -4.22. The zero-order valence-electron chi connectivity index (χ0n) is 26.5. The molecule has 5 rings (SSSR count). The molecule has 0 aromatic heterocycles. The highest BCUT2D eigenvalue weighted by atomic mass is 32.1. The van der Waals surface area contributed by atoms with Crippen LogP contribution in [0.2, 0.25) is 0 Å². The standard InChI is InChI=1S/C35H42FN5O4S/c1-3-24-45-31-14-8-27(9-15-31)37-33(42)25-32-34(43)41(29-12-16-30(17-13-29)44-4-2)35(46)40(32)19-5-18-38-20-22-39(23-21-38)28-10-6-26(36)7-11-28/h6-17,32H,3-5,18-25H2,1-2H3,(H,37,42)/t32-/m1/s1. The van der Waals surface area contributed by atoms with Gasteiger partial charge in [-0.2, -0.15) is 0 Å². The number of rotatable bonds is 14. The van der Waals surface area contributed by atoms with Crippen molar-refractivity contribution in [2.45, 2.75) is 39.2 Å². The summed E-state index contributed by atoms with van der Waals surface area (Å²) in [7, 11) is 0. The molecule has 2 fully saturated rings. The van der Waals surface area contributed by atoms with Crippen LogP contribution in [0.5, 0.6) is 11.5 Å². The summed E-state index contributed by atoms with van der Waals surface area (Å²) in [5, 5.41) is 3.32. The molecule has 2 amide bonds. The second kappa shape index (κ2) is 15.9. The molecule has 2 saturated heterocycles. The molecule has 3 aromatic carbocycles. The Labute approximate surface area is 275 Å². The predicted octanol–water partition coefficient (Wildman–Crippen LogP) is 5.56. The van der Waals surface area contributed by atoms with Crippen molar-refractivity contribution in [3.8, 4) is 11.5 Å². The summed E-state index contributed by atoms with van der Waals surface area (Å²) < 4.78 is 24.6. The molecule has 244 valence electrons. The molecule has 0 radical (unpaired) electrons. The highest BCUT2D eigenvalue weighted by Gasteiger charge is 2.44. The summed E-state index contributed by atoms with van der Waals surface area (Å²) in [4.78, 5) is 35.2. The number of ether oxygens (including phenoxy) is 2. The number of thiocarbonyl (C=S) groups is 1. The number of carbonyl (C=O) groups is 2. The summed E-state index contributed by atoms with van der Waals surface area (Å²) in [5.74, 6) is 0.732. The van der Waals surface area contributed by atoms with E-state index in [-0.39, 0.29) is 24.1 Å². The molecule has 0 bridgehead atoms. The van der Waals surface area contributed by atoms with E-state index in [0.29, 0.717) is 42.0 Å². The first-order chi connectivity index (χ1) is 22.4. The maximum absolute atomic E-state index is 13.9. The highest BCUT2D eigenvalue weighted by molar-refractivity contribution is 7.80. The average molecular weight is 648 g/mol. The van der Waals surface area contributed by atoms with Gasteiger partial charge in [-0.25, -0.2) is 4.39 Å². The fraction of sp³-hybridized carbons (Fsp3) is 0.400. The molecular weight excluding hydrogens is 605 g/mol. The van der Waals surface area contributed by atoms with Gasteiger partial charge in [-0.05, 0) is 111 Å². The van der Waals surface area contributed by atoms with Crippen LogP contribution in [0, 0.1) is 5.82 Å². The Morgan fingerprint density at radius 2 is 1.50 bits per heavy atom. The molecule has 11 heteroatoms. The van der Waals surface area contributed by atoms with Crippen molar-refractivity contribution in [1.29, 1.82) is 0 Å². The van der Waals surface area contributed by atoms with Gasteiger partial charge in [-0.1, -0.05) is 6.92 Å². The van der Waals surface area contributed by atoms with Gasteiger partial charge < -0.3 is 24.6 Å². The Balaban J connectivity index is 1.22. The Bertz CT molecular complexity index is 1460. The first-order valence-electron chi connectivity index (χ1n) is 16.0. The van der Waals surface area contributed by atoms with Crippen molar-refractivity contribution in [2.24, 2.45) is 0 Å². The van der Waals surface area contributed by atoms with Crippen LogP contribution in [-0.4, -0.2) is 85.3 Å². The maximum atomic E-state index is 13.9. The van der Waals surface area contributed by atoms with E-state index in [1.165, 1.54) is 17.0 Å². The number of nitrogens with one attached hydrogen (secondary N) is 1. The maximum Gasteiger partial charge on any atom is 0.256 e. The van der Waals surface area contributed by atoms with Crippen LogP contribution < -0.4 is 24.6 Å². The highest BCUT2D eigenvalue weighted by Crippen LogP contribution is 2.29. The second-order valence-electron chi connectivity index (χ2n) is 11.4. The number of piperazine rings is 1. The van der Waals surface area contributed by atoms with E-state index >= 15 is 0 Å². The van der Waals surface area contributed by atoms with Crippen molar-refractivity contribution in [2.75, 3.05) is 67.6 Å². The summed E-state index contributed by atoms with van der Waals surface area (Å²) in [6, 6.07) is 20.4. The normalized spacial score (nSPS) is 17.0. The average Bonchev–Trinajstić information content (AvgIpc) is 3.29. The third-order valence-electron chi connectivity index (χ3n) is 8.15. The summed E-state index contributed by atoms with van der Waals surface area (Å²) in [5.41, 5.74) is 2.31.